The molecule has 1 aromatic carbocycles. The van der Waals surface area contributed by atoms with Crippen LogP contribution in [0.5, 0.6) is 0 Å². The minimum atomic E-state index is 0.588. The first-order chi connectivity index (χ1) is 12.3. The van der Waals surface area contributed by atoms with Crippen LogP contribution >= 0.6 is 0 Å². The first kappa shape index (κ1) is 15.8. The highest BCUT2D eigenvalue weighted by Crippen LogP contribution is 2.26. The number of likely N-dealkylation sites (tertiary alicyclic amines) is 1. The maximum absolute atomic E-state index is 5.67. The van der Waals surface area contributed by atoms with Gasteiger partial charge in [-0.25, -0.2) is 4.98 Å². The third kappa shape index (κ3) is 3.72. The number of nitrogens with one attached hydrogen (secondary N) is 1. The fourth-order valence-corrected chi connectivity index (χ4v) is 3.64. The zero-order chi connectivity index (χ0) is 17.1. The Labute approximate surface area is 147 Å². The van der Waals surface area contributed by atoms with Gasteiger partial charge in [0.25, 0.3) is 0 Å². The minimum absolute atomic E-state index is 0.588. The van der Waals surface area contributed by atoms with E-state index >= 15 is 0 Å². The molecule has 0 spiro atoms. The molecule has 1 unspecified atom stereocenters. The lowest BCUT2D eigenvalue weighted by molar-refractivity contribution is 0.317. The van der Waals surface area contributed by atoms with Crippen molar-refractivity contribution in [1.82, 2.24) is 20.1 Å². The molecule has 0 radical (unpaired) electrons. The Morgan fingerprint density at radius 3 is 2.80 bits per heavy atom. The second-order valence-electron chi connectivity index (χ2n) is 6.82. The van der Waals surface area contributed by atoms with E-state index in [4.69, 9.17) is 5.73 Å². The topological polar surface area (TPSA) is 70.8 Å². The lowest BCUT2D eigenvalue weighted by atomic mass is 10.00. The number of aromatic amines is 1. The molecular formula is C20H23N5. The van der Waals surface area contributed by atoms with Crippen molar-refractivity contribution in [3.05, 3.63) is 66.0 Å². The zero-order valence-corrected chi connectivity index (χ0v) is 14.2. The molecule has 1 saturated heterocycles. The molecule has 1 fully saturated rings. The van der Waals surface area contributed by atoms with Crippen molar-refractivity contribution in [1.29, 1.82) is 0 Å². The SMILES string of the molecule is Nc1ccc(CC2CCN(Cc3cn[nH]c3-c3ccccc3)C2)cn1. The van der Waals surface area contributed by atoms with Crippen LogP contribution in [0.1, 0.15) is 17.5 Å². The molecule has 5 nitrogen and oxygen atoms in total. The van der Waals surface area contributed by atoms with Crippen molar-refractivity contribution >= 4 is 5.82 Å². The van der Waals surface area contributed by atoms with Gasteiger partial charge in [-0.2, -0.15) is 5.10 Å². The van der Waals surface area contributed by atoms with E-state index in [1.54, 1.807) is 0 Å². The Balaban J connectivity index is 1.39. The second kappa shape index (κ2) is 7.07. The van der Waals surface area contributed by atoms with Crippen LogP contribution in [0.15, 0.2) is 54.9 Å². The molecule has 3 N–H and O–H groups in total. The first-order valence-corrected chi connectivity index (χ1v) is 8.78. The Bertz CT molecular complexity index is 810. The van der Waals surface area contributed by atoms with Gasteiger partial charge in [0.05, 0.1) is 11.9 Å². The largest absolute Gasteiger partial charge is 0.384 e. The number of H-pyrrole nitrogens is 1. The van der Waals surface area contributed by atoms with Gasteiger partial charge in [-0.05, 0) is 42.5 Å². The second-order valence-corrected chi connectivity index (χ2v) is 6.82. The predicted octanol–water partition coefficient (Wildman–Crippen LogP) is 3.12. The van der Waals surface area contributed by atoms with Crippen LogP contribution in [0.4, 0.5) is 5.82 Å². The van der Waals surface area contributed by atoms with E-state index in [1.807, 2.05) is 24.5 Å². The van der Waals surface area contributed by atoms with Gasteiger partial charge < -0.3 is 5.73 Å². The van der Waals surface area contributed by atoms with Crippen LogP contribution in [0, 0.1) is 5.92 Å². The number of anilines is 1. The third-order valence-corrected chi connectivity index (χ3v) is 4.92. The van der Waals surface area contributed by atoms with Crippen LogP contribution in [0.25, 0.3) is 11.3 Å². The number of hydrogen-bond donors (Lipinski definition) is 2. The van der Waals surface area contributed by atoms with Gasteiger partial charge in [-0.1, -0.05) is 36.4 Å². The molecule has 0 aliphatic carbocycles. The highest BCUT2D eigenvalue weighted by molar-refractivity contribution is 5.62. The van der Waals surface area contributed by atoms with Gasteiger partial charge >= 0.3 is 0 Å². The van der Waals surface area contributed by atoms with E-state index in [0.29, 0.717) is 11.7 Å². The molecule has 5 heteroatoms. The van der Waals surface area contributed by atoms with E-state index in [9.17, 15) is 0 Å². The molecule has 0 amide bonds. The summed E-state index contributed by atoms with van der Waals surface area (Å²) in [5, 5.41) is 7.42. The molecule has 2 aromatic heterocycles. The smallest absolute Gasteiger partial charge is 0.123 e. The molecule has 1 aliphatic heterocycles. The van der Waals surface area contributed by atoms with Crippen molar-refractivity contribution in [3.63, 3.8) is 0 Å². The Morgan fingerprint density at radius 1 is 1.12 bits per heavy atom. The summed E-state index contributed by atoms with van der Waals surface area (Å²) in [4.78, 5) is 6.72. The van der Waals surface area contributed by atoms with Crippen LogP contribution in [-0.4, -0.2) is 33.2 Å². The van der Waals surface area contributed by atoms with Crippen LogP contribution < -0.4 is 5.73 Å². The van der Waals surface area contributed by atoms with Gasteiger partial charge in [0.1, 0.15) is 5.82 Å². The Morgan fingerprint density at radius 2 is 2.00 bits per heavy atom. The van der Waals surface area contributed by atoms with Crippen molar-refractivity contribution < 1.29 is 0 Å². The number of hydrogen-bond acceptors (Lipinski definition) is 4. The maximum atomic E-state index is 5.67. The maximum Gasteiger partial charge on any atom is 0.123 e. The number of nitrogen functional groups attached to an aromatic ring is 1. The van der Waals surface area contributed by atoms with Gasteiger partial charge in [0.15, 0.2) is 0 Å². The summed E-state index contributed by atoms with van der Waals surface area (Å²) in [7, 11) is 0. The monoisotopic (exact) mass is 333 g/mol. The summed E-state index contributed by atoms with van der Waals surface area (Å²) < 4.78 is 0. The minimum Gasteiger partial charge on any atom is -0.384 e. The molecule has 0 saturated carbocycles. The number of nitrogens with two attached hydrogens (primary N) is 1. The average molecular weight is 333 g/mol. The summed E-state index contributed by atoms with van der Waals surface area (Å²) in [5.41, 5.74) is 10.5. The summed E-state index contributed by atoms with van der Waals surface area (Å²) in [6.45, 7) is 3.19. The molecule has 25 heavy (non-hydrogen) atoms. The normalized spacial score (nSPS) is 17.8. The molecular weight excluding hydrogens is 310 g/mol. The van der Waals surface area contributed by atoms with E-state index in [2.05, 4.69) is 50.4 Å². The Hall–Kier alpha value is -2.66. The zero-order valence-electron chi connectivity index (χ0n) is 14.2. The van der Waals surface area contributed by atoms with Crippen LogP contribution in [0.2, 0.25) is 0 Å². The predicted molar refractivity (Wildman–Crippen MR) is 99.8 cm³/mol. The van der Waals surface area contributed by atoms with Crippen molar-refractivity contribution in [2.75, 3.05) is 18.8 Å². The summed E-state index contributed by atoms with van der Waals surface area (Å²) in [5.74, 6) is 1.27. The molecule has 4 rings (SSSR count). The number of pyridine rings is 1. The molecule has 0 bridgehead atoms. The molecule has 3 heterocycles. The van der Waals surface area contributed by atoms with Gasteiger partial charge in [0.2, 0.25) is 0 Å². The molecule has 3 aromatic rings. The van der Waals surface area contributed by atoms with Crippen molar-refractivity contribution in [3.8, 4) is 11.3 Å². The molecule has 1 aliphatic rings. The highest BCUT2D eigenvalue weighted by atomic mass is 15.2. The van der Waals surface area contributed by atoms with E-state index in [-0.39, 0.29) is 0 Å². The highest BCUT2D eigenvalue weighted by Gasteiger charge is 2.24. The van der Waals surface area contributed by atoms with Gasteiger partial charge in [0, 0.05) is 24.8 Å². The number of benzene rings is 1. The standard InChI is InChI=1S/C20H23N5/c21-19-7-6-15(11-22-19)10-16-8-9-25(13-16)14-18-12-23-24-20(18)17-4-2-1-3-5-17/h1-7,11-12,16H,8-10,13-14H2,(H2,21,22)(H,23,24). The van der Waals surface area contributed by atoms with Crippen molar-refractivity contribution in [2.24, 2.45) is 5.92 Å². The summed E-state index contributed by atoms with van der Waals surface area (Å²) in [6, 6.07) is 14.4. The summed E-state index contributed by atoms with van der Waals surface area (Å²) in [6.07, 6.45) is 6.16. The number of rotatable bonds is 5. The lowest BCUT2D eigenvalue weighted by Crippen LogP contribution is -2.20. The number of nitrogens with zero attached hydrogens (tertiary/aromatic N) is 3. The summed E-state index contributed by atoms with van der Waals surface area (Å²) >= 11 is 0. The molecule has 128 valence electrons. The molecule has 1 atom stereocenters. The van der Waals surface area contributed by atoms with Crippen LogP contribution in [0.3, 0.4) is 0 Å². The van der Waals surface area contributed by atoms with E-state index in [0.717, 1.165) is 31.7 Å². The van der Waals surface area contributed by atoms with E-state index < -0.39 is 0 Å². The van der Waals surface area contributed by atoms with Gasteiger partial charge in [-0.3, -0.25) is 10.00 Å². The van der Waals surface area contributed by atoms with E-state index in [1.165, 1.54) is 23.1 Å². The average Bonchev–Trinajstić information content (AvgIpc) is 3.28. The lowest BCUT2D eigenvalue weighted by Gasteiger charge is -2.16. The third-order valence-electron chi connectivity index (χ3n) is 4.92. The van der Waals surface area contributed by atoms with Crippen LogP contribution in [-0.2, 0) is 13.0 Å². The Kier molecular flexibility index (Phi) is 4.48. The van der Waals surface area contributed by atoms with Gasteiger partial charge in [-0.15, -0.1) is 0 Å². The quantitative estimate of drug-likeness (QED) is 0.752. The fraction of sp³-hybridized carbons (Fsp3) is 0.300. The first-order valence-electron chi connectivity index (χ1n) is 8.78. The van der Waals surface area contributed by atoms with Crippen molar-refractivity contribution in [2.45, 2.75) is 19.4 Å². The number of aromatic nitrogens is 3. The fourth-order valence-electron chi connectivity index (χ4n) is 3.64.